The van der Waals surface area contributed by atoms with Crippen LogP contribution in [0.1, 0.15) is 52.4 Å². The highest BCUT2D eigenvalue weighted by Crippen LogP contribution is 2.42. The molecule has 1 fully saturated rings. The van der Waals surface area contributed by atoms with Gasteiger partial charge in [-0.05, 0) is 63.3 Å². The summed E-state index contributed by atoms with van der Waals surface area (Å²) in [5.74, 6) is -3.51. The van der Waals surface area contributed by atoms with Gasteiger partial charge in [0.05, 0.1) is 42.2 Å². The van der Waals surface area contributed by atoms with Gasteiger partial charge in [0.1, 0.15) is 36.7 Å². The molecule has 1 aromatic heterocycles. The summed E-state index contributed by atoms with van der Waals surface area (Å²) >= 11 is 1.33. The van der Waals surface area contributed by atoms with Gasteiger partial charge in [-0.15, -0.1) is 11.8 Å². The summed E-state index contributed by atoms with van der Waals surface area (Å²) < 4.78 is 69.5. The van der Waals surface area contributed by atoms with Gasteiger partial charge in [0, 0.05) is 34.4 Å². The van der Waals surface area contributed by atoms with Gasteiger partial charge in [-0.2, -0.15) is 10.4 Å². The summed E-state index contributed by atoms with van der Waals surface area (Å²) in [7, 11) is 1.78. The highest BCUT2D eigenvalue weighted by atomic mass is 32.2. The Morgan fingerprint density at radius 1 is 1.11 bits per heavy atom. The molecule has 55 heavy (non-hydrogen) atoms. The molecule has 1 N–H and O–H groups in total. The van der Waals surface area contributed by atoms with Crippen LogP contribution in [0.2, 0.25) is 0 Å². The molecule has 2 atom stereocenters. The van der Waals surface area contributed by atoms with E-state index < -0.39 is 46.5 Å². The standard InChI is InChI=1S/C40H40F3N5O6S/c1-27(55-32-22-52-38(53-23-32)12-6-4-8-29-14-13-28(20-44)18-35(29)42)40(24-48-26-46-25-47-48,34-16-15-31(41)19-36(34)43)54-39(50)33-10-5-3-9-30(33)21-51-37(49)11-7-17-45-2/h3-6,8-10,12-16,18-19,25-27,32,38,45H,7,11,17,21-24H2,1-2H3/b8-4+,12-6+/t27-,32?,38?,40-/m1/s1. The number of carbonyl (C=O) groups is 2. The Bertz CT molecular complexity index is 2020. The lowest BCUT2D eigenvalue weighted by molar-refractivity contribution is -0.146. The number of ether oxygens (including phenoxy) is 4. The number of allylic oxidation sites excluding steroid dienone is 2. The van der Waals surface area contributed by atoms with E-state index >= 15 is 4.39 Å². The fourth-order valence-electron chi connectivity index (χ4n) is 5.83. The minimum absolute atomic E-state index is 0.0878. The number of thioether (sulfide) groups is 1. The van der Waals surface area contributed by atoms with Crippen molar-refractivity contribution in [2.75, 3.05) is 26.8 Å². The molecular weight excluding hydrogens is 736 g/mol. The Hall–Kier alpha value is -5.27. The summed E-state index contributed by atoms with van der Waals surface area (Å²) in [5, 5.41) is 15.1. The Balaban J connectivity index is 1.35. The van der Waals surface area contributed by atoms with Gasteiger partial charge in [0.2, 0.25) is 0 Å². The number of nitrogens with zero attached hydrogens (tertiary/aromatic N) is 4. The zero-order valence-electron chi connectivity index (χ0n) is 30.2. The van der Waals surface area contributed by atoms with E-state index in [-0.39, 0.29) is 54.7 Å². The molecule has 1 aliphatic rings. The molecule has 4 aromatic rings. The molecule has 0 bridgehead atoms. The molecule has 0 radical (unpaired) electrons. The van der Waals surface area contributed by atoms with Crippen molar-refractivity contribution < 1.29 is 41.7 Å². The van der Waals surface area contributed by atoms with Crippen LogP contribution in [0.3, 0.4) is 0 Å². The smallest absolute Gasteiger partial charge is 0.339 e. The van der Waals surface area contributed by atoms with E-state index in [4.69, 9.17) is 24.2 Å². The maximum Gasteiger partial charge on any atom is 0.339 e. The first-order valence-electron chi connectivity index (χ1n) is 17.4. The molecule has 288 valence electrons. The van der Waals surface area contributed by atoms with E-state index in [1.165, 1.54) is 53.4 Å². The lowest BCUT2D eigenvalue weighted by Crippen LogP contribution is -2.47. The van der Waals surface area contributed by atoms with Crippen molar-refractivity contribution in [3.63, 3.8) is 0 Å². The third-order valence-electron chi connectivity index (χ3n) is 8.69. The molecule has 0 saturated carbocycles. The van der Waals surface area contributed by atoms with Crippen LogP contribution >= 0.6 is 11.8 Å². The van der Waals surface area contributed by atoms with Gasteiger partial charge in [0.25, 0.3) is 0 Å². The molecule has 11 nitrogen and oxygen atoms in total. The van der Waals surface area contributed by atoms with Crippen LogP contribution in [0.25, 0.3) is 6.08 Å². The average molecular weight is 776 g/mol. The van der Waals surface area contributed by atoms with Crippen LogP contribution in [-0.4, -0.2) is 70.3 Å². The van der Waals surface area contributed by atoms with E-state index in [1.54, 1.807) is 56.5 Å². The number of nitrogens with one attached hydrogen (secondary N) is 1. The quantitative estimate of drug-likeness (QED) is 0.0716. The third kappa shape index (κ3) is 11.1. The normalized spacial score (nSPS) is 17.5. The SMILES string of the molecule is CNCCCC(=O)OCc1ccccc1C(=O)O[C@@](Cn1cncn1)(c1ccc(F)cc1F)[C@@H](C)SC1COC(/C=C/C=C/c2ccc(C#N)cc2F)OC1. The minimum Gasteiger partial charge on any atom is -0.461 e. The second kappa shape index (κ2) is 19.9. The average Bonchev–Trinajstić information content (AvgIpc) is 3.69. The molecule has 1 saturated heterocycles. The maximum absolute atomic E-state index is 15.9. The summed E-state index contributed by atoms with van der Waals surface area (Å²) in [6.45, 7) is 2.43. The lowest BCUT2D eigenvalue weighted by Gasteiger charge is -2.40. The number of halogens is 3. The van der Waals surface area contributed by atoms with Gasteiger partial charge >= 0.3 is 11.9 Å². The van der Waals surface area contributed by atoms with Crippen molar-refractivity contribution in [1.82, 2.24) is 20.1 Å². The molecule has 2 heterocycles. The zero-order valence-corrected chi connectivity index (χ0v) is 31.0. The first kappa shape index (κ1) is 40.9. The predicted octanol–water partition coefficient (Wildman–Crippen LogP) is 6.50. The van der Waals surface area contributed by atoms with Crippen molar-refractivity contribution in [2.24, 2.45) is 0 Å². The summed E-state index contributed by atoms with van der Waals surface area (Å²) in [6, 6.07) is 15.6. The van der Waals surface area contributed by atoms with Crippen molar-refractivity contribution in [1.29, 1.82) is 5.26 Å². The maximum atomic E-state index is 15.9. The van der Waals surface area contributed by atoms with E-state index in [1.807, 2.05) is 6.07 Å². The number of hydrogen-bond acceptors (Lipinski definition) is 11. The minimum atomic E-state index is -1.79. The van der Waals surface area contributed by atoms with Gasteiger partial charge in [-0.25, -0.2) is 27.6 Å². The Morgan fingerprint density at radius 3 is 2.62 bits per heavy atom. The Labute approximate surface area is 321 Å². The highest BCUT2D eigenvalue weighted by molar-refractivity contribution is 8.00. The van der Waals surface area contributed by atoms with Crippen LogP contribution in [0.5, 0.6) is 0 Å². The van der Waals surface area contributed by atoms with Crippen molar-refractivity contribution >= 4 is 29.8 Å². The molecule has 0 unspecified atom stereocenters. The molecular formula is C40H40F3N5O6S. The molecule has 3 aromatic carbocycles. The van der Waals surface area contributed by atoms with E-state index in [9.17, 15) is 18.4 Å². The van der Waals surface area contributed by atoms with Crippen LogP contribution in [-0.2, 0) is 42.5 Å². The molecule has 0 aliphatic carbocycles. The van der Waals surface area contributed by atoms with E-state index in [0.717, 1.165) is 18.2 Å². The van der Waals surface area contributed by atoms with Crippen molar-refractivity contribution in [2.45, 2.75) is 55.3 Å². The fourth-order valence-corrected chi connectivity index (χ4v) is 7.19. The van der Waals surface area contributed by atoms with Crippen LogP contribution < -0.4 is 5.32 Å². The van der Waals surface area contributed by atoms with E-state index in [2.05, 4.69) is 15.4 Å². The number of aromatic nitrogens is 3. The zero-order chi connectivity index (χ0) is 39.2. The van der Waals surface area contributed by atoms with Crippen molar-refractivity contribution in [3.8, 4) is 6.07 Å². The predicted molar refractivity (Wildman–Crippen MR) is 199 cm³/mol. The number of hydrogen-bond donors (Lipinski definition) is 1. The number of benzene rings is 3. The largest absolute Gasteiger partial charge is 0.461 e. The second-order valence-corrected chi connectivity index (χ2v) is 14.2. The third-order valence-corrected chi connectivity index (χ3v) is 10.1. The number of nitriles is 1. The number of esters is 2. The van der Waals surface area contributed by atoms with Gasteiger partial charge in [0.15, 0.2) is 11.9 Å². The monoisotopic (exact) mass is 775 g/mol. The molecule has 0 amide bonds. The Morgan fingerprint density at radius 2 is 1.91 bits per heavy atom. The molecule has 15 heteroatoms. The first-order chi connectivity index (χ1) is 26.6. The highest BCUT2D eigenvalue weighted by Gasteiger charge is 2.47. The van der Waals surface area contributed by atoms with Gasteiger partial charge in [-0.3, -0.25) is 4.79 Å². The van der Waals surface area contributed by atoms with E-state index in [0.29, 0.717) is 24.1 Å². The number of carbonyl (C=O) groups excluding carboxylic acids is 2. The molecule has 0 spiro atoms. The van der Waals surface area contributed by atoms with Crippen LogP contribution in [0.15, 0.2) is 91.5 Å². The summed E-state index contributed by atoms with van der Waals surface area (Å²) in [6.07, 6.45) is 9.24. The van der Waals surface area contributed by atoms with Crippen molar-refractivity contribution in [3.05, 3.63) is 137 Å². The van der Waals surface area contributed by atoms with Crippen LogP contribution in [0, 0.1) is 28.8 Å². The fraction of sp³-hybridized carbons (Fsp3) is 0.325. The summed E-state index contributed by atoms with van der Waals surface area (Å²) in [5.41, 5.74) is -0.849. The summed E-state index contributed by atoms with van der Waals surface area (Å²) in [4.78, 5) is 30.6. The molecule has 5 rings (SSSR count). The number of rotatable bonds is 17. The molecule has 1 aliphatic heterocycles. The Kier molecular flexibility index (Phi) is 14.8. The van der Waals surface area contributed by atoms with Crippen LogP contribution in [0.4, 0.5) is 13.2 Å². The lowest BCUT2D eigenvalue weighted by atomic mass is 9.89. The van der Waals surface area contributed by atoms with Gasteiger partial charge < -0.3 is 24.3 Å². The van der Waals surface area contributed by atoms with Gasteiger partial charge in [-0.1, -0.05) is 42.5 Å². The first-order valence-corrected chi connectivity index (χ1v) is 18.4. The second-order valence-electron chi connectivity index (χ2n) is 12.5. The topological polar surface area (TPSA) is 138 Å².